The molecule has 0 unspecified atom stereocenters. The Balaban J connectivity index is 4.20. The van der Waals surface area contributed by atoms with Crippen LogP contribution in [0.5, 0.6) is 0 Å². The first-order valence-electron chi connectivity index (χ1n) is 8.39. The Bertz CT molecular complexity index is 440. The molecule has 1 atom stereocenters. The fraction of sp³-hybridized carbons (Fsp3) is 0.600. The number of hydrogen-bond acceptors (Lipinski definition) is 3. The molecule has 0 rings (SSSR count). The summed E-state index contributed by atoms with van der Waals surface area (Å²) in [6.07, 6.45) is 14.1. The maximum absolute atomic E-state index is 10.3. The predicted octanol–water partition coefficient (Wildman–Crippen LogP) is 4.07. The zero-order chi connectivity index (χ0) is 17.7. The van der Waals surface area contributed by atoms with E-state index in [1.807, 2.05) is 45.1 Å². The third-order valence-electron chi connectivity index (χ3n) is 3.78. The highest BCUT2D eigenvalue weighted by molar-refractivity contribution is 5.10. The topological polar surface area (TPSA) is 60.7 Å². The molecule has 0 saturated carbocycles. The van der Waals surface area contributed by atoms with Crippen LogP contribution in [-0.4, -0.2) is 34.1 Å². The van der Waals surface area contributed by atoms with Gasteiger partial charge in [-0.25, -0.2) is 0 Å². The second-order valence-electron chi connectivity index (χ2n) is 6.53. The highest BCUT2D eigenvalue weighted by Gasteiger charge is 2.14. The molecule has 0 bridgehead atoms. The third-order valence-corrected chi connectivity index (χ3v) is 3.78. The van der Waals surface area contributed by atoms with Gasteiger partial charge < -0.3 is 15.3 Å². The van der Waals surface area contributed by atoms with Crippen LogP contribution >= 0.6 is 0 Å². The average molecular weight is 322 g/mol. The molecule has 3 N–H and O–H groups in total. The number of aliphatic hydroxyl groups excluding tert-OH is 2. The largest absolute Gasteiger partial charge is 0.392 e. The summed E-state index contributed by atoms with van der Waals surface area (Å²) >= 11 is 0. The van der Waals surface area contributed by atoms with Gasteiger partial charge in [0.15, 0.2) is 0 Å². The van der Waals surface area contributed by atoms with Crippen LogP contribution in [0.25, 0.3) is 0 Å². The standard InChI is InChI=1S/C20H34O3/c1-17(8-5-9-18(2)12-15-21)10-6-13-20(4,23)14-7-11-19(3)16-22/h6,8,11-13,21-23H,5,7,9-10,14-16H2,1-4H3/b13-6+,17-8+,18-12+,19-11+/t20-/m0/s1. The number of hydrogen-bond donors (Lipinski definition) is 3. The Morgan fingerprint density at radius 2 is 1.57 bits per heavy atom. The van der Waals surface area contributed by atoms with Crippen molar-refractivity contribution in [1.82, 2.24) is 0 Å². The molecule has 0 aliphatic rings. The molecule has 0 aromatic carbocycles. The van der Waals surface area contributed by atoms with Crippen molar-refractivity contribution in [1.29, 1.82) is 0 Å². The van der Waals surface area contributed by atoms with Crippen LogP contribution < -0.4 is 0 Å². The van der Waals surface area contributed by atoms with Crippen molar-refractivity contribution in [3.05, 3.63) is 47.1 Å². The van der Waals surface area contributed by atoms with E-state index in [2.05, 4.69) is 13.0 Å². The summed E-state index contributed by atoms with van der Waals surface area (Å²) in [4.78, 5) is 0. The molecule has 3 heteroatoms. The van der Waals surface area contributed by atoms with Gasteiger partial charge in [0.2, 0.25) is 0 Å². The minimum Gasteiger partial charge on any atom is -0.392 e. The molecule has 3 nitrogen and oxygen atoms in total. The maximum Gasteiger partial charge on any atom is 0.0802 e. The van der Waals surface area contributed by atoms with Gasteiger partial charge in [0.05, 0.1) is 18.8 Å². The van der Waals surface area contributed by atoms with Gasteiger partial charge in [-0.2, -0.15) is 0 Å². The van der Waals surface area contributed by atoms with Gasteiger partial charge >= 0.3 is 0 Å². The average Bonchev–Trinajstić information content (AvgIpc) is 2.46. The molecule has 0 aliphatic carbocycles. The van der Waals surface area contributed by atoms with Crippen LogP contribution in [0.15, 0.2) is 47.1 Å². The Kier molecular flexibility index (Phi) is 11.7. The van der Waals surface area contributed by atoms with Crippen LogP contribution in [0.4, 0.5) is 0 Å². The Morgan fingerprint density at radius 1 is 0.913 bits per heavy atom. The molecule has 0 spiro atoms. The van der Waals surface area contributed by atoms with Crippen LogP contribution in [0.3, 0.4) is 0 Å². The summed E-state index contributed by atoms with van der Waals surface area (Å²) in [7, 11) is 0. The molecule has 0 radical (unpaired) electrons. The van der Waals surface area contributed by atoms with Crippen molar-refractivity contribution in [2.24, 2.45) is 0 Å². The number of allylic oxidation sites excluding steroid dienone is 5. The summed E-state index contributed by atoms with van der Waals surface area (Å²) in [5.41, 5.74) is 2.62. The van der Waals surface area contributed by atoms with E-state index in [1.165, 1.54) is 11.1 Å². The van der Waals surface area contributed by atoms with Crippen LogP contribution in [0.2, 0.25) is 0 Å². The Hall–Kier alpha value is -1.16. The zero-order valence-corrected chi connectivity index (χ0v) is 15.2. The fourth-order valence-electron chi connectivity index (χ4n) is 2.14. The van der Waals surface area contributed by atoms with E-state index >= 15 is 0 Å². The second kappa shape index (κ2) is 12.3. The first kappa shape index (κ1) is 21.8. The lowest BCUT2D eigenvalue weighted by molar-refractivity contribution is 0.103. The van der Waals surface area contributed by atoms with Gasteiger partial charge in [0.25, 0.3) is 0 Å². The van der Waals surface area contributed by atoms with Crippen molar-refractivity contribution >= 4 is 0 Å². The second-order valence-corrected chi connectivity index (χ2v) is 6.53. The highest BCUT2D eigenvalue weighted by Crippen LogP contribution is 2.16. The van der Waals surface area contributed by atoms with Crippen molar-refractivity contribution in [2.75, 3.05) is 13.2 Å². The van der Waals surface area contributed by atoms with Crippen LogP contribution in [0, 0.1) is 0 Å². The van der Waals surface area contributed by atoms with Crippen molar-refractivity contribution in [2.45, 2.75) is 65.4 Å². The minimum atomic E-state index is -0.813. The smallest absolute Gasteiger partial charge is 0.0802 e. The summed E-state index contributed by atoms with van der Waals surface area (Å²) < 4.78 is 0. The lowest BCUT2D eigenvalue weighted by Gasteiger charge is -2.18. The monoisotopic (exact) mass is 322 g/mol. The number of rotatable bonds is 11. The SMILES string of the molecule is C/C(=C\CC[C@@](C)(O)/C=C/C/C(C)=C/CC/C(C)=C/CO)CO. The highest BCUT2D eigenvalue weighted by atomic mass is 16.3. The summed E-state index contributed by atoms with van der Waals surface area (Å²) in [5, 5.41) is 28.0. The third kappa shape index (κ3) is 13.0. The molecular formula is C20H34O3. The lowest BCUT2D eigenvalue weighted by Crippen LogP contribution is -2.20. The first-order valence-corrected chi connectivity index (χ1v) is 8.39. The maximum atomic E-state index is 10.3. The van der Waals surface area contributed by atoms with Gasteiger partial charge in [-0.3, -0.25) is 0 Å². The lowest BCUT2D eigenvalue weighted by atomic mass is 9.98. The van der Waals surface area contributed by atoms with E-state index in [9.17, 15) is 5.11 Å². The number of aliphatic hydroxyl groups is 3. The van der Waals surface area contributed by atoms with E-state index in [-0.39, 0.29) is 13.2 Å². The summed E-state index contributed by atoms with van der Waals surface area (Å²) in [6.45, 7) is 8.01. The van der Waals surface area contributed by atoms with Gasteiger partial charge in [-0.1, -0.05) is 47.1 Å². The molecule has 23 heavy (non-hydrogen) atoms. The molecule has 0 aromatic rings. The van der Waals surface area contributed by atoms with E-state index in [0.29, 0.717) is 6.42 Å². The first-order chi connectivity index (χ1) is 10.8. The van der Waals surface area contributed by atoms with Crippen molar-refractivity contribution < 1.29 is 15.3 Å². The van der Waals surface area contributed by atoms with Gasteiger partial charge in [-0.05, 0) is 59.8 Å². The predicted molar refractivity (Wildman–Crippen MR) is 98.3 cm³/mol. The van der Waals surface area contributed by atoms with E-state index in [1.54, 1.807) is 0 Å². The van der Waals surface area contributed by atoms with E-state index < -0.39 is 5.60 Å². The molecule has 0 aliphatic heterocycles. The molecule has 132 valence electrons. The van der Waals surface area contributed by atoms with Gasteiger partial charge in [0, 0.05) is 0 Å². The molecule has 0 saturated heterocycles. The molecule has 0 aromatic heterocycles. The van der Waals surface area contributed by atoms with Crippen LogP contribution in [-0.2, 0) is 0 Å². The van der Waals surface area contributed by atoms with Gasteiger partial charge in [-0.15, -0.1) is 0 Å². The normalized spacial score (nSPS) is 16.9. The quantitative estimate of drug-likeness (QED) is 0.503. The minimum absolute atomic E-state index is 0.0783. The Labute approximate surface area is 141 Å². The molecule has 0 fully saturated rings. The van der Waals surface area contributed by atoms with Crippen molar-refractivity contribution in [3.63, 3.8) is 0 Å². The van der Waals surface area contributed by atoms with Gasteiger partial charge in [0.1, 0.15) is 0 Å². The zero-order valence-electron chi connectivity index (χ0n) is 15.2. The van der Waals surface area contributed by atoms with E-state index in [0.717, 1.165) is 31.3 Å². The Morgan fingerprint density at radius 3 is 2.17 bits per heavy atom. The summed E-state index contributed by atoms with van der Waals surface area (Å²) in [5.74, 6) is 0. The fourth-order valence-corrected chi connectivity index (χ4v) is 2.14. The van der Waals surface area contributed by atoms with Crippen LogP contribution in [0.1, 0.15) is 59.8 Å². The molecule has 0 amide bonds. The summed E-state index contributed by atoms with van der Waals surface area (Å²) in [6, 6.07) is 0. The van der Waals surface area contributed by atoms with E-state index in [4.69, 9.17) is 10.2 Å². The molecule has 0 heterocycles. The van der Waals surface area contributed by atoms with Crippen molar-refractivity contribution in [3.8, 4) is 0 Å². The molecular weight excluding hydrogens is 288 g/mol.